The van der Waals surface area contributed by atoms with Crippen molar-refractivity contribution in [3.63, 3.8) is 0 Å². The average molecular weight is 556 g/mol. The van der Waals surface area contributed by atoms with E-state index in [1.807, 2.05) is 11.0 Å². The molecule has 4 aromatic rings. The SMILES string of the molecule is CC(C)(O)Cn1cc2cc(-c3ccc(C(=O)N4[C@@H]5CC[C@H]4C[C@@H](N)C5)cc3-c3ccc(C#N)c(F)c3)c(F)cc2n1. The highest BCUT2D eigenvalue weighted by atomic mass is 19.1. The van der Waals surface area contributed by atoms with Crippen molar-refractivity contribution in [1.29, 1.82) is 5.26 Å². The Labute approximate surface area is 236 Å². The van der Waals surface area contributed by atoms with Crippen LogP contribution in [0.2, 0.25) is 0 Å². The molecule has 0 radical (unpaired) electrons. The maximum Gasteiger partial charge on any atom is 0.254 e. The van der Waals surface area contributed by atoms with Gasteiger partial charge in [-0.2, -0.15) is 10.4 Å². The molecular formula is C32H31F2N5O2. The zero-order valence-electron chi connectivity index (χ0n) is 22.9. The van der Waals surface area contributed by atoms with Gasteiger partial charge in [0.25, 0.3) is 5.91 Å². The molecule has 0 unspecified atom stereocenters. The number of piperidine rings is 1. The molecule has 2 saturated heterocycles. The lowest BCUT2D eigenvalue weighted by Crippen LogP contribution is -2.50. The van der Waals surface area contributed by atoms with Gasteiger partial charge in [-0.1, -0.05) is 12.1 Å². The third-order valence-corrected chi connectivity index (χ3v) is 8.15. The molecule has 3 aromatic carbocycles. The van der Waals surface area contributed by atoms with Crippen molar-refractivity contribution in [3.8, 4) is 28.3 Å². The van der Waals surface area contributed by atoms with Crippen LogP contribution in [0.15, 0.2) is 54.7 Å². The molecule has 6 rings (SSSR count). The number of aromatic nitrogens is 2. The van der Waals surface area contributed by atoms with Crippen LogP contribution in [0.4, 0.5) is 8.78 Å². The highest BCUT2D eigenvalue weighted by Gasteiger charge is 2.42. The smallest absolute Gasteiger partial charge is 0.254 e. The molecule has 9 heteroatoms. The molecule has 1 amide bonds. The maximum atomic E-state index is 15.6. The number of fused-ring (bicyclic) bond motifs is 3. The Balaban J connectivity index is 1.47. The summed E-state index contributed by atoms with van der Waals surface area (Å²) in [6.07, 6.45) is 5.11. The summed E-state index contributed by atoms with van der Waals surface area (Å²) in [5.41, 5.74) is 7.62. The van der Waals surface area contributed by atoms with Gasteiger partial charge in [-0.05, 0) is 86.6 Å². The number of nitrogens with zero attached hydrogens (tertiary/aromatic N) is 4. The summed E-state index contributed by atoms with van der Waals surface area (Å²) in [7, 11) is 0. The number of carbonyl (C=O) groups excluding carboxylic acids is 1. The first-order chi connectivity index (χ1) is 19.5. The number of nitrogens with two attached hydrogens (primary N) is 1. The first-order valence-electron chi connectivity index (χ1n) is 13.8. The molecule has 7 nitrogen and oxygen atoms in total. The Bertz CT molecular complexity index is 1700. The minimum Gasteiger partial charge on any atom is -0.389 e. The van der Waals surface area contributed by atoms with Crippen molar-refractivity contribution in [2.75, 3.05) is 0 Å². The normalized spacial score (nSPS) is 20.4. The van der Waals surface area contributed by atoms with Crippen molar-refractivity contribution < 1.29 is 18.7 Å². The maximum absolute atomic E-state index is 15.6. The molecule has 2 fully saturated rings. The molecular weight excluding hydrogens is 524 g/mol. The first kappa shape index (κ1) is 27.1. The quantitative estimate of drug-likeness (QED) is 0.344. The van der Waals surface area contributed by atoms with Crippen LogP contribution in [-0.4, -0.2) is 49.4 Å². The Kier molecular flexibility index (Phi) is 6.63. The molecule has 2 aliphatic rings. The van der Waals surface area contributed by atoms with E-state index in [2.05, 4.69) is 5.10 Å². The highest BCUT2D eigenvalue weighted by Crippen LogP contribution is 2.39. The minimum absolute atomic E-state index is 0.0850. The summed E-state index contributed by atoms with van der Waals surface area (Å²) in [4.78, 5) is 15.7. The van der Waals surface area contributed by atoms with Crippen LogP contribution >= 0.6 is 0 Å². The minimum atomic E-state index is -1.00. The van der Waals surface area contributed by atoms with Crippen LogP contribution in [0.5, 0.6) is 0 Å². The molecule has 41 heavy (non-hydrogen) atoms. The Morgan fingerprint density at radius 3 is 2.44 bits per heavy atom. The largest absolute Gasteiger partial charge is 0.389 e. The fraction of sp³-hybridized carbons (Fsp3) is 0.344. The standard InChI is InChI=1S/C32H31F2N5O2/c1-32(2,41)17-38-16-21-10-27(29(34)14-30(21)37-38)25-8-5-19(9-26(25)18-3-4-20(15-35)28(33)11-18)31(40)39-23-6-7-24(39)13-22(36)12-23/h3-5,8-11,14,16,22-24,41H,6-7,12-13,17,36H2,1-2H3/t22-,23+,24-. The molecule has 210 valence electrons. The summed E-state index contributed by atoms with van der Waals surface area (Å²) >= 11 is 0. The zero-order chi connectivity index (χ0) is 29.1. The Morgan fingerprint density at radius 1 is 1.05 bits per heavy atom. The molecule has 3 atom stereocenters. The third-order valence-electron chi connectivity index (χ3n) is 8.15. The molecule has 2 aliphatic heterocycles. The van der Waals surface area contributed by atoms with Crippen molar-refractivity contribution in [2.45, 2.75) is 69.8 Å². The van der Waals surface area contributed by atoms with Crippen LogP contribution in [0.25, 0.3) is 33.2 Å². The molecule has 2 bridgehead atoms. The van der Waals surface area contributed by atoms with Crippen LogP contribution in [0, 0.1) is 23.0 Å². The lowest BCUT2D eigenvalue weighted by atomic mass is 9.90. The number of benzene rings is 3. The lowest BCUT2D eigenvalue weighted by Gasteiger charge is -2.38. The van der Waals surface area contributed by atoms with Gasteiger partial charge < -0.3 is 15.7 Å². The predicted molar refractivity (Wildman–Crippen MR) is 152 cm³/mol. The summed E-state index contributed by atoms with van der Waals surface area (Å²) in [6.45, 7) is 3.57. The number of hydrogen-bond acceptors (Lipinski definition) is 5. The molecule has 3 N–H and O–H groups in total. The van der Waals surface area contributed by atoms with Crippen molar-refractivity contribution >= 4 is 16.8 Å². The summed E-state index contributed by atoms with van der Waals surface area (Å²) in [6, 6.07) is 14.4. The van der Waals surface area contributed by atoms with E-state index in [1.165, 1.54) is 18.2 Å². The van der Waals surface area contributed by atoms with E-state index < -0.39 is 17.2 Å². The number of rotatable bonds is 5. The number of nitriles is 1. The number of amides is 1. The molecule has 1 aromatic heterocycles. The lowest BCUT2D eigenvalue weighted by molar-refractivity contribution is 0.0569. The van der Waals surface area contributed by atoms with E-state index in [0.29, 0.717) is 33.2 Å². The second-order valence-electron chi connectivity index (χ2n) is 11.9. The van der Waals surface area contributed by atoms with Crippen LogP contribution in [0.1, 0.15) is 55.5 Å². The summed E-state index contributed by atoms with van der Waals surface area (Å²) in [5.74, 6) is -1.33. The Hall–Kier alpha value is -4.13. The van der Waals surface area contributed by atoms with Gasteiger partial charge in [-0.25, -0.2) is 8.78 Å². The zero-order valence-corrected chi connectivity index (χ0v) is 22.9. The number of carbonyl (C=O) groups is 1. The summed E-state index contributed by atoms with van der Waals surface area (Å²) < 4.78 is 32.0. The molecule has 0 spiro atoms. The van der Waals surface area contributed by atoms with Crippen molar-refractivity contribution in [2.24, 2.45) is 5.73 Å². The highest BCUT2D eigenvalue weighted by molar-refractivity contribution is 5.99. The van der Waals surface area contributed by atoms with Crippen LogP contribution < -0.4 is 5.73 Å². The van der Waals surface area contributed by atoms with Gasteiger partial charge >= 0.3 is 0 Å². The van der Waals surface area contributed by atoms with Crippen molar-refractivity contribution in [3.05, 3.63) is 77.5 Å². The van der Waals surface area contributed by atoms with Gasteiger partial charge in [0.15, 0.2) is 0 Å². The summed E-state index contributed by atoms with van der Waals surface area (Å²) in [5, 5.41) is 24.5. The second-order valence-corrected chi connectivity index (χ2v) is 11.9. The van der Waals surface area contributed by atoms with Gasteiger partial charge in [0.2, 0.25) is 0 Å². The fourth-order valence-electron chi connectivity index (χ4n) is 6.41. The van der Waals surface area contributed by atoms with Gasteiger partial charge in [-0.15, -0.1) is 0 Å². The molecule has 3 heterocycles. The number of hydrogen-bond donors (Lipinski definition) is 2. The van der Waals surface area contributed by atoms with Gasteiger partial charge in [-0.3, -0.25) is 9.48 Å². The van der Waals surface area contributed by atoms with E-state index >= 15 is 4.39 Å². The van der Waals surface area contributed by atoms with E-state index in [9.17, 15) is 19.6 Å². The van der Waals surface area contributed by atoms with Gasteiger partial charge in [0, 0.05) is 46.9 Å². The first-order valence-corrected chi connectivity index (χ1v) is 13.8. The van der Waals surface area contributed by atoms with Crippen LogP contribution in [0.3, 0.4) is 0 Å². The number of halogens is 2. The van der Waals surface area contributed by atoms with E-state index in [1.54, 1.807) is 55.1 Å². The second kappa shape index (κ2) is 10.1. The van der Waals surface area contributed by atoms with E-state index in [-0.39, 0.29) is 41.7 Å². The van der Waals surface area contributed by atoms with Crippen molar-refractivity contribution in [1.82, 2.24) is 14.7 Å². The van der Waals surface area contributed by atoms with Crippen LogP contribution in [-0.2, 0) is 6.54 Å². The van der Waals surface area contributed by atoms with E-state index in [0.717, 1.165) is 25.7 Å². The fourth-order valence-corrected chi connectivity index (χ4v) is 6.41. The molecule has 0 saturated carbocycles. The predicted octanol–water partition coefficient (Wildman–Crippen LogP) is 5.39. The van der Waals surface area contributed by atoms with E-state index in [4.69, 9.17) is 5.73 Å². The number of aliphatic hydroxyl groups is 1. The third kappa shape index (κ3) is 5.09. The topological polar surface area (TPSA) is 108 Å². The van der Waals surface area contributed by atoms with Gasteiger partial charge in [0.1, 0.15) is 17.7 Å². The van der Waals surface area contributed by atoms with Gasteiger partial charge in [0.05, 0.1) is 23.2 Å². The Morgan fingerprint density at radius 2 is 1.78 bits per heavy atom. The molecule has 0 aliphatic carbocycles. The average Bonchev–Trinajstić information content (AvgIpc) is 3.42. The monoisotopic (exact) mass is 555 g/mol.